The van der Waals surface area contributed by atoms with E-state index in [0.717, 1.165) is 11.8 Å². The Morgan fingerprint density at radius 1 is 1.24 bits per heavy atom. The van der Waals surface area contributed by atoms with Crippen LogP contribution in [0, 0.1) is 0 Å². The summed E-state index contributed by atoms with van der Waals surface area (Å²) in [5, 5.41) is 2.75. The molecule has 0 fully saturated rings. The highest BCUT2D eigenvalue weighted by Gasteiger charge is 2.08. The Labute approximate surface area is 123 Å². The van der Waals surface area contributed by atoms with Crippen LogP contribution < -0.4 is 10.0 Å². The number of pyridine rings is 1. The highest BCUT2D eigenvalue weighted by Crippen LogP contribution is 2.12. The molecule has 0 aliphatic heterocycles. The van der Waals surface area contributed by atoms with Crippen molar-refractivity contribution in [1.29, 1.82) is 0 Å². The van der Waals surface area contributed by atoms with E-state index in [1.807, 2.05) is 6.07 Å². The second kappa shape index (κ2) is 6.36. The minimum atomic E-state index is -3.36. The smallest absolute Gasteiger partial charge is 0.251 e. The molecule has 21 heavy (non-hydrogen) atoms. The Balaban J connectivity index is 2.04. The van der Waals surface area contributed by atoms with Crippen molar-refractivity contribution in [3.05, 3.63) is 59.9 Å². The van der Waals surface area contributed by atoms with Gasteiger partial charge in [-0.15, -0.1) is 0 Å². The number of sulfonamides is 1. The number of rotatable bonds is 5. The fourth-order valence-corrected chi connectivity index (χ4v) is 2.28. The number of benzene rings is 1. The Morgan fingerprint density at radius 2 is 2.05 bits per heavy atom. The van der Waals surface area contributed by atoms with Crippen LogP contribution in [0.3, 0.4) is 0 Å². The zero-order valence-corrected chi connectivity index (χ0v) is 12.2. The molecular weight excluding hydrogens is 290 g/mol. The maximum absolute atomic E-state index is 12.0. The molecule has 1 heterocycles. The third kappa shape index (κ3) is 4.88. The van der Waals surface area contributed by atoms with Crippen LogP contribution in [0.1, 0.15) is 15.9 Å². The molecule has 0 aliphatic carbocycles. The highest BCUT2D eigenvalue weighted by atomic mass is 32.2. The number of anilines is 1. The fourth-order valence-electron chi connectivity index (χ4n) is 1.73. The maximum Gasteiger partial charge on any atom is 0.251 e. The molecular formula is C14H15N3O3S. The van der Waals surface area contributed by atoms with Gasteiger partial charge in [0.1, 0.15) is 0 Å². The quantitative estimate of drug-likeness (QED) is 0.873. The molecule has 1 aromatic carbocycles. The van der Waals surface area contributed by atoms with E-state index in [2.05, 4.69) is 15.0 Å². The highest BCUT2D eigenvalue weighted by molar-refractivity contribution is 7.92. The Bertz CT molecular complexity index is 730. The average molecular weight is 305 g/mol. The van der Waals surface area contributed by atoms with Gasteiger partial charge in [-0.2, -0.15) is 0 Å². The molecule has 7 heteroatoms. The van der Waals surface area contributed by atoms with E-state index in [0.29, 0.717) is 17.8 Å². The van der Waals surface area contributed by atoms with E-state index in [9.17, 15) is 13.2 Å². The lowest BCUT2D eigenvalue weighted by Crippen LogP contribution is -2.23. The minimum Gasteiger partial charge on any atom is -0.348 e. The lowest BCUT2D eigenvalue weighted by molar-refractivity contribution is 0.0951. The van der Waals surface area contributed by atoms with Crippen LogP contribution in [0.5, 0.6) is 0 Å². The van der Waals surface area contributed by atoms with Crippen LogP contribution >= 0.6 is 0 Å². The average Bonchev–Trinajstić information content (AvgIpc) is 2.44. The van der Waals surface area contributed by atoms with Gasteiger partial charge in [-0.1, -0.05) is 12.1 Å². The van der Waals surface area contributed by atoms with E-state index in [1.54, 1.807) is 36.7 Å². The topological polar surface area (TPSA) is 88.2 Å². The van der Waals surface area contributed by atoms with Crippen LogP contribution in [0.25, 0.3) is 0 Å². The first kappa shape index (κ1) is 15.0. The molecule has 0 bridgehead atoms. The van der Waals surface area contributed by atoms with Crippen LogP contribution in [-0.4, -0.2) is 25.6 Å². The summed E-state index contributed by atoms with van der Waals surface area (Å²) in [6.07, 6.45) is 4.38. The summed E-state index contributed by atoms with van der Waals surface area (Å²) in [5.41, 5.74) is 1.62. The van der Waals surface area contributed by atoms with Crippen LogP contribution in [-0.2, 0) is 16.6 Å². The van der Waals surface area contributed by atoms with E-state index < -0.39 is 10.0 Å². The largest absolute Gasteiger partial charge is 0.348 e. The first-order valence-electron chi connectivity index (χ1n) is 6.19. The number of carbonyl (C=O) groups excluding carboxylic acids is 1. The molecule has 110 valence electrons. The number of aromatic nitrogens is 1. The summed E-state index contributed by atoms with van der Waals surface area (Å²) in [4.78, 5) is 16.0. The summed E-state index contributed by atoms with van der Waals surface area (Å²) in [7, 11) is -3.36. The van der Waals surface area contributed by atoms with Gasteiger partial charge in [-0.05, 0) is 29.8 Å². The van der Waals surface area contributed by atoms with Gasteiger partial charge in [0.2, 0.25) is 10.0 Å². The molecule has 6 nitrogen and oxygen atoms in total. The van der Waals surface area contributed by atoms with Crippen molar-refractivity contribution in [2.45, 2.75) is 6.54 Å². The van der Waals surface area contributed by atoms with Gasteiger partial charge < -0.3 is 5.32 Å². The summed E-state index contributed by atoms with van der Waals surface area (Å²) >= 11 is 0. The van der Waals surface area contributed by atoms with Crippen LogP contribution in [0.15, 0.2) is 48.8 Å². The predicted molar refractivity (Wildman–Crippen MR) is 80.3 cm³/mol. The summed E-state index contributed by atoms with van der Waals surface area (Å²) < 4.78 is 24.7. The summed E-state index contributed by atoms with van der Waals surface area (Å²) in [6, 6.07) is 9.95. The van der Waals surface area contributed by atoms with Gasteiger partial charge in [0.25, 0.3) is 5.91 Å². The molecule has 1 amide bonds. The second-order valence-corrected chi connectivity index (χ2v) is 6.25. The normalized spacial score (nSPS) is 10.9. The van der Waals surface area contributed by atoms with Crippen molar-refractivity contribution in [2.75, 3.05) is 11.0 Å². The molecule has 0 spiro atoms. The van der Waals surface area contributed by atoms with Crippen molar-refractivity contribution >= 4 is 21.6 Å². The number of nitrogens with one attached hydrogen (secondary N) is 2. The molecule has 2 N–H and O–H groups in total. The monoisotopic (exact) mass is 305 g/mol. The second-order valence-electron chi connectivity index (χ2n) is 4.50. The third-order valence-electron chi connectivity index (χ3n) is 2.60. The zero-order chi connectivity index (χ0) is 15.3. The molecule has 1 aromatic heterocycles. The molecule has 0 unspecified atom stereocenters. The van der Waals surface area contributed by atoms with Crippen molar-refractivity contribution in [3.8, 4) is 0 Å². The fraction of sp³-hybridized carbons (Fsp3) is 0.143. The summed E-state index contributed by atoms with van der Waals surface area (Å²) in [5.74, 6) is -0.281. The minimum absolute atomic E-state index is 0.281. The number of hydrogen-bond donors (Lipinski definition) is 2. The molecule has 0 saturated heterocycles. The lowest BCUT2D eigenvalue weighted by atomic mass is 10.2. The van der Waals surface area contributed by atoms with Crippen molar-refractivity contribution in [3.63, 3.8) is 0 Å². The van der Waals surface area contributed by atoms with Gasteiger partial charge in [0, 0.05) is 30.2 Å². The lowest BCUT2D eigenvalue weighted by Gasteiger charge is -2.08. The Morgan fingerprint density at radius 3 is 2.71 bits per heavy atom. The van der Waals surface area contributed by atoms with Crippen molar-refractivity contribution in [2.24, 2.45) is 0 Å². The van der Waals surface area contributed by atoms with E-state index in [4.69, 9.17) is 0 Å². The summed E-state index contributed by atoms with van der Waals surface area (Å²) in [6.45, 7) is 0.358. The number of amides is 1. The standard InChI is InChI=1S/C14H15N3O3S/c1-21(19,20)17-13-6-2-5-12(8-13)14(18)16-10-11-4-3-7-15-9-11/h2-9,17H,10H2,1H3,(H,16,18). The SMILES string of the molecule is CS(=O)(=O)Nc1cccc(C(=O)NCc2cccnc2)c1. The van der Waals surface area contributed by atoms with Gasteiger partial charge in [0.15, 0.2) is 0 Å². The maximum atomic E-state index is 12.0. The zero-order valence-electron chi connectivity index (χ0n) is 11.4. The van der Waals surface area contributed by atoms with Crippen molar-refractivity contribution in [1.82, 2.24) is 10.3 Å². The Kier molecular flexibility index (Phi) is 4.54. The van der Waals surface area contributed by atoms with Crippen LogP contribution in [0.2, 0.25) is 0 Å². The molecule has 0 atom stereocenters. The van der Waals surface area contributed by atoms with Crippen molar-refractivity contribution < 1.29 is 13.2 Å². The molecule has 0 aliphatic rings. The van der Waals surface area contributed by atoms with E-state index in [1.165, 1.54) is 6.07 Å². The first-order chi connectivity index (χ1) is 9.94. The van der Waals surface area contributed by atoms with Gasteiger partial charge >= 0.3 is 0 Å². The molecule has 0 saturated carbocycles. The Hall–Kier alpha value is -2.41. The number of nitrogens with zero attached hydrogens (tertiary/aromatic N) is 1. The van der Waals surface area contributed by atoms with E-state index in [-0.39, 0.29) is 5.91 Å². The van der Waals surface area contributed by atoms with E-state index >= 15 is 0 Å². The predicted octanol–water partition coefficient (Wildman–Crippen LogP) is 1.38. The van der Waals surface area contributed by atoms with Gasteiger partial charge in [-0.3, -0.25) is 14.5 Å². The number of hydrogen-bond acceptors (Lipinski definition) is 4. The molecule has 0 radical (unpaired) electrons. The molecule has 2 rings (SSSR count). The molecule has 2 aromatic rings. The first-order valence-corrected chi connectivity index (χ1v) is 8.08. The third-order valence-corrected chi connectivity index (χ3v) is 3.21. The van der Waals surface area contributed by atoms with Gasteiger partial charge in [0.05, 0.1) is 6.26 Å². The van der Waals surface area contributed by atoms with Gasteiger partial charge in [-0.25, -0.2) is 8.42 Å². The number of carbonyl (C=O) groups is 1. The van der Waals surface area contributed by atoms with Crippen LogP contribution in [0.4, 0.5) is 5.69 Å².